The Hall–Kier alpha value is -1.17. The number of hydrogen-bond acceptors (Lipinski definition) is 5. The molecule has 1 aliphatic carbocycles. The number of ether oxygens (including phenoxy) is 2. The summed E-state index contributed by atoms with van der Waals surface area (Å²) in [5.41, 5.74) is 1.26. The number of allylic oxidation sites excluding steroid dienone is 2. The minimum absolute atomic E-state index is 0.0631. The van der Waals surface area contributed by atoms with Gasteiger partial charge in [-0.15, -0.1) is 0 Å². The Morgan fingerprint density at radius 1 is 1.30 bits per heavy atom. The summed E-state index contributed by atoms with van der Waals surface area (Å²) in [6.45, 7) is 4.12. The first-order valence-corrected chi connectivity index (χ1v) is 10.3. The molecule has 1 heterocycles. The zero-order valence-electron chi connectivity index (χ0n) is 17.0. The van der Waals surface area contributed by atoms with E-state index in [1.54, 1.807) is 0 Å². The van der Waals surface area contributed by atoms with Crippen molar-refractivity contribution >= 4 is 5.97 Å². The number of fused-ring (bicyclic) bond motifs is 1. The summed E-state index contributed by atoms with van der Waals surface area (Å²) in [6, 6.07) is 0. The van der Waals surface area contributed by atoms with Crippen LogP contribution in [0.2, 0.25) is 0 Å². The van der Waals surface area contributed by atoms with E-state index in [-0.39, 0.29) is 30.2 Å². The fourth-order valence-electron chi connectivity index (χ4n) is 4.27. The maximum absolute atomic E-state index is 11.2. The highest BCUT2D eigenvalue weighted by Gasteiger charge is 2.47. The highest BCUT2D eigenvalue weighted by atomic mass is 16.5. The van der Waals surface area contributed by atoms with Gasteiger partial charge in [-0.1, -0.05) is 30.2 Å². The van der Waals surface area contributed by atoms with Crippen molar-refractivity contribution in [2.75, 3.05) is 7.11 Å². The van der Waals surface area contributed by atoms with Gasteiger partial charge in [0.25, 0.3) is 0 Å². The van der Waals surface area contributed by atoms with Crippen LogP contribution in [-0.2, 0) is 14.3 Å². The average molecular weight is 381 g/mol. The molecule has 0 unspecified atom stereocenters. The molecule has 2 fully saturated rings. The summed E-state index contributed by atoms with van der Waals surface area (Å²) in [6.07, 6.45) is 11.8. The van der Waals surface area contributed by atoms with Crippen LogP contribution in [0, 0.1) is 11.8 Å². The highest BCUT2D eigenvalue weighted by molar-refractivity contribution is 5.68. The summed E-state index contributed by atoms with van der Waals surface area (Å²) in [4.78, 5) is 11.2. The third-order valence-corrected chi connectivity index (χ3v) is 5.75. The molecule has 6 atom stereocenters. The lowest BCUT2D eigenvalue weighted by Crippen LogP contribution is -2.19. The number of carbonyl (C=O) groups excluding carboxylic acids is 1. The minimum Gasteiger partial charge on any atom is -0.469 e. The van der Waals surface area contributed by atoms with E-state index in [1.165, 1.54) is 12.7 Å². The molecule has 1 saturated carbocycles. The van der Waals surface area contributed by atoms with E-state index in [4.69, 9.17) is 4.74 Å². The molecular formula is C22H36O5. The molecule has 154 valence electrons. The normalized spacial score (nSPS) is 31.1. The maximum Gasteiger partial charge on any atom is 0.305 e. The first kappa shape index (κ1) is 22.1. The molecule has 0 radical (unpaired) electrons. The Labute approximate surface area is 163 Å². The van der Waals surface area contributed by atoms with E-state index in [0.29, 0.717) is 25.2 Å². The predicted molar refractivity (Wildman–Crippen MR) is 105 cm³/mol. The molecule has 2 rings (SSSR count). The van der Waals surface area contributed by atoms with Crippen LogP contribution in [0.25, 0.3) is 0 Å². The van der Waals surface area contributed by atoms with Crippen molar-refractivity contribution in [3.63, 3.8) is 0 Å². The molecule has 5 nitrogen and oxygen atoms in total. The zero-order chi connectivity index (χ0) is 19.8. The van der Waals surface area contributed by atoms with Crippen LogP contribution in [0.5, 0.6) is 0 Å². The van der Waals surface area contributed by atoms with Crippen molar-refractivity contribution in [1.82, 2.24) is 0 Å². The minimum atomic E-state index is -0.469. The Kier molecular flexibility index (Phi) is 9.00. The van der Waals surface area contributed by atoms with E-state index in [1.807, 2.05) is 12.2 Å². The topological polar surface area (TPSA) is 76.0 Å². The second-order valence-corrected chi connectivity index (χ2v) is 8.21. The van der Waals surface area contributed by atoms with Gasteiger partial charge in [0.2, 0.25) is 0 Å². The number of unbranched alkanes of at least 4 members (excludes halogenated alkanes) is 1. The Morgan fingerprint density at radius 2 is 2.07 bits per heavy atom. The third-order valence-electron chi connectivity index (χ3n) is 5.75. The van der Waals surface area contributed by atoms with Gasteiger partial charge in [-0.3, -0.25) is 4.79 Å². The lowest BCUT2D eigenvalue weighted by molar-refractivity contribution is -0.140. The van der Waals surface area contributed by atoms with Gasteiger partial charge >= 0.3 is 5.97 Å². The predicted octanol–water partition coefficient (Wildman–Crippen LogP) is 3.54. The summed E-state index contributed by atoms with van der Waals surface area (Å²) in [5.74, 6) is 0.232. The molecule has 0 bridgehead atoms. The number of esters is 1. The number of aliphatic hydroxyl groups is 2. The van der Waals surface area contributed by atoms with Crippen LogP contribution in [0.15, 0.2) is 23.8 Å². The van der Waals surface area contributed by atoms with E-state index in [0.717, 1.165) is 32.1 Å². The monoisotopic (exact) mass is 380 g/mol. The molecule has 0 spiro atoms. The van der Waals surface area contributed by atoms with Crippen molar-refractivity contribution < 1.29 is 24.5 Å². The Balaban J connectivity index is 1.76. The molecule has 1 aliphatic heterocycles. The van der Waals surface area contributed by atoms with E-state index in [2.05, 4.69) is 24.7 Å². The first-order valence-electron chi connectivity index (χ1n) is 10.3. The molecular weight excluding hydrogens is 344 g/mol. The van der Waals surface area contributed by atoms with Gasteiger partial charge < -0.3 is 19.7 Å². The van der Waals surface area contributed by atoms with Crippen LogP contribution in [0.1, 0.15) is 65.2 Å². The largest absolute Gasteiger partial charge is 0.469 e. The summed E-state index contributed by atoms with van der Waals surface area (Å²) < 4.78 is 10.8. The Morgan fingerprint density at radius 3 is 2.78 bits per heavy atom. The first-order chi connectivity index (χ1) is 12.9. The Bertz CT molecular complexity index is 523. The molecule has 0 aromatic rings. The standard InChI is InChI=1S/C22H36O5/c1-15(2)7-6-8-16(23)11-12-18-19-13-17(27-21(19)14-20(18)24)9-4-5-10-22(25)26-3/h7,11-12,16-21,23-24H,4-6,8-10,13-14H2,1-3H3/b12-11+/t16-,17-,18+,19+,20+,21-/m0/s1. The van der Waals surface area contributed by atoms with Gasteiger partial charge in [0.15, 0.2) is 0 Å². The molecule has 27 heavy (non-hydrogen) atoms. The van der Waals surface area contributed by atoms with E-state index < -0.39 is 6.10 Å². The van der Waals surface area contributed by atoms with Crippen molar-refractivity contribution in [2.45, 2.75) is 89.6 Å². The number of hydrogen-bond donors (Lipinski definition) is 2. The zero-order valence-corrected chi connectivity index (χ0v) is 17.0. The fourth-order valence-corrected chi connectivity index (χ4v) is 4.27. The molecule has 0 aromatic heterocycles. The lowest BCUT2D eigenvalue weighted by Gasteiger charge is -2.18. The summed E-state index contributed by atoms with van der Waals surface area (Å²) in [5, 5.41) is 20.5. The SMILES string of the molecule is COC(=O)CCCC[C@H]1C[C@@H]2[C@@H](/C=C/[C@@H](O)CCC=C(C)C)[C@H](O)C[C@@H]2O1. The van der Waals surface area contributed by atoms with Crippen LogP contribution in [-0.4, -0.2) is 47.7 Å². The number of methoxy groups -OCH3 is 1. The van der Waals surface area contributed by atoms with Crippen molar-refractivity contribution in [2.24, 2.45) is 11.8 Å². The van der Waals surface area contributed by atoms with Crippen LogP contribution in [0.3, 0.4) is 0 Å². The summed E-state index contributed by atoms with van der Waals surface area (Å²) in [7, 11) is 1.42. The number of rotatable bonds is 10. The van der Waals surface area contributed by atoms with Gasteiger partial charge in [-0.25, -0.2) is 0 Å². The average Bonchev–Trinajstić information content (AvgIpc) is 3.12. The fraction of sp³-hybridized carbons (Fsp3) is 0.773. The quantitative estimate of drug-likeness (QED) is 0.344. The van der Waals surface area contributed by atoms with Gasteiger partial charge in [-0.2, -0.15) is 0 Å². The molecule has 2 aliphatic rings. The van der Waals surface area contributed by atoms with Gasteiger partial charge in [-0.05, 0) is 51.9 Å². The number of carbonyl (C=O) groups is 1. The second-order valence-electron chi connectivity index (χ2n) is 8.21. The molecule has 0 amide bonds. The van der Waals surface area contributed by atoms with Gasteiger partial charge in [0.1, 0.15) is 0 Å². The second kappa shape index (κ2) is 11.0. The number of aliphatic hydroxyl groups excluding tert-OH is 2. The summed E-state index contributed by atoms with van der Waals surface area (Å²) >= 11 is 0. The van der Waals surface area contributed by atoms with Crippen LogP contribution >= 0.6 is 0 Å². The van der Waals surface area contributed by atoms with Crippen molar-refractivity contribution in [1.29, 1.82) is 0 Å². The molecule has 1 saturated heterocycles. The molecule has 0 aromatic carbocycles. The van der Waals surface area contributed by atoms with Crippen molar-refractivity contribution in [3.05, 3.63) is 23.8 Å². The third kappa shape index (κ3) is 7.05. The molecule has 5 heteroatoms. The maximum atomic E-state index is 11.2. The van der Waals surface area contributed by atoms with Crippen LogP contribution < -0.4 is 0 Å². The highest BCUT2D eigenvalue weighted by Crippen LogP contribution is 2.45. The molecule has 2 N–H and O–H groups in total. The smallest absolute Gasteiger partial charge is 0.305 e. The van der Waals surface area contributed by atoms with Gasteiger partial charge in [0.05, 0.1) is 31.5 Å². The van der Waals surface area contributed by atoms with Crippen LogP contribution in [0.4, 0.5) is 0 Å². The van der Waals surface area contributed by atoms with E-state index in [9.17, 15) is 15.0 Å². The van der Waals surface area contributed by atoms with Crippen molar-refractivity contribution in [3.8, 4) is 0 Å². The lowest BCUT2D eigenvalue weighted by atomic mass is 9.89. The van der Waals surface area contributed by atoms with E-state index >= 15 is 0 Å². The van der Waals surface area contributed by atoms with Gasteiger partial charge in [0, 0.05) is 18.8 Å².